The van der Waals surface area contributed by atoms with E-state index in [0.29, 0.717) is 47.7 Å². The molecule has 234 valence electrons. The minimum absolute atomic E-state index is 0.0328. The maximum Gasteiger partial charge on any atom is 0.411 e. The van der Waals surface area contributed by atoms with Crippen LogP contribution in [0.25, 0.3) is 0 Å². The Morgan fingerprint density at radius 2 is 1.73 bits per heavy atom. The smallest absolute Gasteiger partial charge is 0.411 e. The van der Waals surface area contributed by atoms with E-state index in [1.54, 1.807) is 23.1 Å². The van der Waals surface area contributed by atoms with Crippen LogP contribution in [-0.4, -0.2) is 65.4 Å². The zero-order valence-electron chi connectivity index (χ0n) is 24.5. The molecule has 3 amide bonds. The minimum atomic E-state index is -3.72. The average molecular weight is 645 g/mol. The number of sulfone groups is 1. The Kier molecular flexibility index (Phi) is 9.90. The van der Waals surface area contributed by atoms with Gasteiger partial charge in [-0.1, -0.05) is 17.7 Å². The first-order valence-electron chi connectivity index (χ1n) is 13.4. The number of amides is 3. The van der Waals surface area contributed by atoms with Gasteiger partial charge in [-0.05, 0) is 72.5 Å². The second-order valence-corrected chi connectivity index (χ2v) is 12.5. The van der Waals surface area contributed by atoms with E-state index < -0.39 is 39.8 Å². The predicted octanol–water partition coefficient (Wildman–Crippen LogP) is 4.55. The van der Waals surface area contributed by atoms with Crippen molar-refractivity contribution >= 4 is 50.7 Å². The molecule has 4 rings (SSSR count). The van der Waals surface area contributed by atoms with Crippen molar-refractivity contribution in [1.82, 2.24) is 4.90 Å². The Labute approximate surface area is 260 Å². The van der Waals surface area contributed by atoms with Crippen molar-refractivity contribution in [3.05, 3.63) is 76.3 Å². The van der Waals surface area contributed by atoms with Crippen LogP contribution in [0.3, 0.4) is 0 Å². The van der Waals surface area contributed by atoms with E-state index in [0.717, 1.165) is 6.26 Å². The lowest BCUT2D eigenvalue weighted by Gasteiger charge is -2.31. The quantitative estimate of drug-likeness (QED) is 0.287. The molecule has 1 saturated heterocycles. The van der Waals surface area contributed by atoms with Crippen LogP contribution in [0.2, 0.25) is 5.02 Å². The molecule has 3 aromatic carbocycles. The standard InChI is InChI=1S/C30H33ClN4O8S/c1-41-24-11-8-17(15-25(24)42-2)27(34-22-14-18(28(32)36)7-10-21(22)31)29(37)35-13-5-6-23(35)20-16-19(33-30(38)43-3)9-12-26(20)44(4,39)40/h7-12,14-16,23,27,34H,5-6,13H2,1-4H3,(H2,32,36)(H,33,38)/t23-,27-/m1/s1. The molecule has 4 N–H and O–H groups in total. The van der Waals surface area contributed by atoms with Crippen LogP contribution < -0.4 is 25.8 Å². The van der Waals surface area contributed by atoms with Gasteiger partial charge in [-0.2, -0.15) is 0 Å². The molecule has 0 aliphatic carbocycles. The van der Waals surface area contributed by atoms with Gasteiger partial charge in [0.1, 0.15) is 6.04 Å². The van der Waals surface area contributed by atoms with Crippen molar-refractivity contribution < 1.29 is 37.0 Å². The lowest BCUT2D eigenvalue weighted by atomic mass is 10.0. The van der Waals surface area contributed by atoms with Gasteiger partial charge in [-0.15, -0.1) is 0 Å². The fourth-order valence-corrected chi connectivity index (χ4v) is 6.29. The highest BCUT2D eigenvalue weighted by Crippen LogP contribution is 2.40. The zero-order valence-corrected chi connectivity index (χ0v) is 26.1. The number of benzene rings is 3. The molecule has 1 fully saturated rings. The molecule has 2 atom stereocenters. The van der Waals surface area contributed by atoms with Crippen LogP contribution in [0.1, 0.15) is 46.4 Å². The lowest BCUT2D eigenvalue weighted by Crippen LogP contribution is -2.38. The van der Waals surface area contributed by atoms with Crippen LogP contribution in [0.5, 0.6) is 11.5 Å². The molecule has 1 aliphatic heterocycles. The number of halogens is 1. The topological polar surface area (TPSA) is 166 Å². The summed E-state index contributed by atoms with van der Waals surface area (Å²) in [5.41, 5.74) is 7.11. The summed E-state index contributed by atoms with van der Waals surface area (Å²) in [5.74, 6) is -0.249. The number of carbonyl (C=O) groups is 3. The number of rotatable bonds is 10. The number of nitrogens with one attached hydrogen (secondary N) is 2. The lowest BCUT2D eigenvalue weighted by molar-refractivity contribution is -0.133. The number of carbonyl (C=O) groups excluding carboxylic acids is 3. The maximum absolute atomic E-state index is 14.5. The van der Waals surface area contributed by atoms with Gasteiger partial charge in [0.2, 0.25) is 11.8 Å². The minimum Gasteiger partial charge on any atom is -0.493 e. The van der Waals surface area contributed by atoms with Crippen molar-refractivity contribution in [2.24, 2.45) is 5.73 Å². The van der Waals surface area contributed by atoms with Gasteiger partial charge in [-0.25, -0.2) is 13.2 Å². The highest BCUT2D eigenvalue weighted by molar-refractivity contribution is 7.90. The van der Waals surface area contributed by atoms with E-state index in [2.05, 4.69) is 15.4 Å². The first kappa shape index (κ1) is 32.4. The van der Waals surface area contributed by atoms with Crippen LogP contribution in [0, 0.1) is 0 Å². The van der Waals surface area contributed by atoms with E-state index in [9.17, 15) is 22.8 Å². The third-order valence-electron chi connectivity index (χ3n) is 7.27. The summed E-state index contributed by atoms with van der Waals surface area (Å²) in [7, 11) is 0.458. The number of nitrogens with zero attached hydrogens (tertiary/aromatic N) is 1. The average Bonchev–Trinajstić information content (AvgIpc) is 3.49. The molecular formula is C30H33ClN4O8S. The number of primary amides is 1. The Bertz CT molecular complexity index is 1700. The van der Waals surface area contributed by atoms with Gasteiger partial charge in [0.25, 0.3) is 0 Å². The molecule has 44 heavy (non-hydrogen) atoms. The van der Waals surface area contributed by atoms with Gasteiger partial charge in [0, 0.05) is 24.1 Å². The summed E-state index contributed by atoms with van der Waals surface area (Å²) in [5, 5.41) is 5.96. The molecule has 14 heteroatoms. The predicted molar refractivity (Wildman–Crippen MR) is 165 cm³/mol. The summed E-state index contributed by atoms with van der Waals surface area (Å²) in [4.78, 5) is 39.9. The van der Waals surface area contributed by atoms with Crippen LogP contribution in [-0.2, 0) is 19.4 Å². The largest absolute Gasteiger partial charge is 0.493 e. The molecule has 0 unspecified atom stereocenters. The highest BCUT2D eigenvalue weighted by Gasteiger charge is 2.37. The molecule has 0 bridgehead atoms. The van der Waals surface area contributed by atoms with Gasteiger partial charge < -0.3 is 30.2 Å². The number of likely N-dealkylation sites (tertiary alicyclic amines) is 1. The Morgan fingerprint density at radius 1 is 1.00 bits per heavy atom. The fraction of sp³-hybridized carbons (Fsp3) is 0.300. The molecular weight excluding hydrogens is 612 g/mol. The molecule has 0 radical (unpaired) electrons. The van der Waals surface area contributed by atoms with E-state index >= 15 is 0 Å². The Balaban J connectivity index is 1.82. The van der Waals surface area contributed by atoms with Crippen molar-refractivity contribution in [3.63, 3.8) is 0 Å². The molecule has 0 aromatic heterocycles. The normalized spacial score (nSPS) is 15.3. The SMILES string of the molecule is COC(=O)Nc1ccc(S(C)(=O)=O)c([C@H]2CCCN2C(=O)[C@H](Nc2cc(C(N)=O)ccc2Cl)c2ccc(OC)c(OC)c2)c1. The van der Waals surface area contributed by atoms with Gasteiger partial charge in [0.15, 0.2) is 21.3 Å². The Hall–Kier alpha value is -4.49. The van der Waals surface area contributed by atoms with E-state index in [4.69, 9.17) is 26.8 Å². The first-order valence-corrected chi connectivity index (χ1v) is 15.7. The number of ether oxygens (including phenoxy) is 3. The summed E-state index contributed by atoms with van der Waals surface area (Å²) >= 11 is 6.47. The fourth-order valence-electron chi connectivity index (χ4n) is 5.18. The molecule has 1 heterocycles. The van der Waals surface area contributed by atoms with Gasteiger partial charge in [-0.3, -0.25) is 14.9 Å². The number of hydrogen-bond donors (Lipinski definition) is 3. The Morgan fingerprint density at radius 3 is 2.36 bits per heavy atom. The van der Waals surface area contributed by atoms with Crippen molar-refractivity contribution in [1.29, 1.82) is 0 Å². The third-order valence-corrected chi connectivity index (χ3v) is 8.77. The third kappa shape index (κ3) is 7.00. The summed E-state index contributed by atoms with van der Waals surface area (Å²) in [6, 6.07) is 12.1. The van der Waals surface area contributed by atoms with Crippen LogP contribution >= 0.6 is 11.6 Å². The number of hydrogen-bond acceptors (Lipinski definition) is 9. The second-order valence-electron chi connectivity index (χ2n) is 10.1. The van der Waals surface area contributed by atoms with Gasteiger partial charge in [0.05, 0.1) is 43.0 Å². The molecule has 0 spiro atoms. The summed E-state index contributed by atoms with van der Waals surface area (Å²) in [6.45, 7) is 0.321. The van der Waals surface area contributed by atoms with Gasteiger partial charge >= 0.3 is 6.09 Å². The van der Waals surface area contributed by atoms with Crippen molar-refractivity contribution in [3.8, 4) is 11.5 Å². The summed E-state index contributed by atoms with van der Waals surface area (Å²) < 4.78 is 41.2. The monoisotopic (exact) mass is 644 g/mol. The highest BCUT2D eigenvalue weighted by atomic mass is 35.5. The van der Waals surface area contributed by atoms with Crippen LogP contribution in [0.4, 0.5) is 16.2 Å². The van der Waals surface area contributed by atoms with Crippen molar-refractivity contribution in [2.75, 3.05) is 44.8 Å². The molecule has 3 aromatic rings. The zero-order chi connectivity index (χ0) is 32.2. The molecule has 1 aliphatic rings. The molecule has 0 saturated carbocycles. The van der Waals surface area contributed by atoms with E-state index in [-0.39, 0.29) is 21.2 Å². The number of methoxy groups -OCH3 is 3. The van der Waals surface area contributed by atoms with Crippen LogP contribution in [0.15, 0.2) is 59.5 Å². The van der Waals surface area contributed by atoms with E-state index in [1.807, 2.05) is 0 Å². The van der Waals surface area contributed by atoms with E-state index in [1.165, 1.54) is 57.7 Å². The first-order chi connectivity index (χ1) is 20.9. The van der Waals surface area contributed by atoms with Crippen molar-refractivity contribution in [2.45, 2.75) is 29.8 Å². The summed E-state index contributed by atoms with van der Waals surface area (Å²) in [6.07, 6.45) is 1.41. The second kappa shape index (κ2) is 13.4. The number of nitrogens with two attached hydrogens (primary N) is 1. The maximum atomic E-state index is 14.5. The molecule has 12 nitrogen and oxygen atoms in total. The number of anilines is 2.